The van der Waals surface area contributed by atoms with Crippen molar-refractivity contribution in [1.82, 2.24) is 0 Å². The van der Waals surface area contributed by atoms with Crippen LogP contribution in [0, 0.1) is 19.7 Å². The lowest BCUT2D eigenvalue weighted by atomic mass is 9.98. The topological polar surface area (TPSA) is 20.2 Å². The number of thiophene rings is 1. The molecule has 0 saturated carbocycles. The maximum absolute atomic E-state index is 13.0. The fourth-order valence-electron chi connectivity index (χ4n) is 1.92. The summed E-state index contributed by atoms with van der Waals surface area (Å²) in [7, 11) is 0. The molecular weight excluding hydrogens is 235 g/mol. The second-order valence-electron chi connectivity index (χ2n) is 4.30. The Labute approximate surface area is 105 Å². The second kappa shape index (κ2) is 4.98. The molecule has 1 aromatic heterocycles. The minimum absolute atomic E-state index is 0.229. The maximum Gasteiger partial charge on any atom is 0.123 e. The predicted molar refractivity (Wildman–Crippen MR) is 68.9 cm³/mol. The molecule has 0 bridgehead atoms. The zero-order chi connectivity index (χ0) is 12.4. The zero-order valence-electron chi connectivity index (χ0n) is 9.90. The molecule has 0 aliphatic heterocycles. The number of hydrogen-bond donors (Lipinski definition) is 1. The number of aryl methyl sites for hydroxylation is 2. The van der Waals surface area contributed by atoms with Gasteiger partial charge in [-0.2, -0.15) is 11.3 Å². The molecule has 1 aromatic carbocycles. The van der Waals surface area contributed by atoms with Gasteiger partial charge in [-0.15, -0.1) is 0 Å². The monoisotopic (exact) mass is 250 g/mol. The quantitative estimate of drug-likeness (QED) is 0.879. The molecule has 0 amide bonds. The van der Waals surface area contributed by atoms with E-state index >= 15 is 0 Å². The third-order valence-corrected chi connectivity index (χ3v) is 3.85. The van der Waals surface area contributed by atoms with E-state index in [-0.39, 0.29) is 5.82 Å². The van der Waals surface area contributed by atoms with Crippen LogP contribution in [-0.4, -0.2) is 5.11 Å². The average Bonchev–Trinajstić information content (AvgIpc) is 2.68. The fourth-order valence-corrected chi connectivity index (χ4v) is 2.82. The summed E-state index contributed by atoms with van der Waals surface area (Å²) in [5.74, 6) is -0.229. The first-order chi connectivity index (χ1) is 8.08. The van der Waals surface area contributed by atoms with E-state index in [0.29, 0.717) is 6.42 Å². The average molecular weight is 250 g/mol. The van der Waals surface area contributed by atoms with Crippen LogP contribution in [0.15, 0.2) is 29.0 Å². The second-order valence-corrected chi connectivity index (χ2v) is 5.04. The number of rotatable bonds is 3. The predicted octanol–water partition coefficient (Wildman–Crippen LogP) is 3.78. The molecule has 0 spiro atoms. The minimum Gasteiger partial charge on any atom is -0.388 e. The summed E-state index contributed by atoms with van der Waals surface area (Å²) in [6, 6.07) is 4.69. The van der Waals surface area contributed by atoms with Crippen LogP contribution >= 0.6 is 11.3 Å². The summed E-state index contributed by atoms with van der Waals surface area (Å²) >= 11 is 1.59. The molecule has 2 rings (SSSR count). The van der Waals surface area contributed by atoms with Crippen molar-refractivity contribution in [3.05, 3.63) is 57.0 Å². The van der Waals surface area contributed by atoms with Gasteiger partial charge in [0.1, 0.15) is 5.82 Å². The van der Waals surface area contributed by atoms with Gasteiger partial charge in [-0.25, -0.2) is 4.39 Å². The van der Waals surface area contributed by atoms with Crippen molar-refractivity contribution in [1.29, 1.82) is 0 Å². The van der Waals surface area contributed by atoms with Crippen LogP contribution in [0.4, 0.5) is 4.39 Å². The standard InChI is InChI=1S/C14H15FOS/c1-9-5-12(15)4-3-11(9)6-14(16)13-8-17-7-10(13)2/h3-5,7-8,14,16H,6H2,1-2H3. The Morgan fingerprint density at radius 2 is 2.00 bits per heavy atom. The highest BCUT2D eigenvalue weighted by Crippen LogP contribution is 2.25. The van der Waals surface area contributed by atoms with Gasteiger partial charge in [0.15, 0.2) is 0 Å². The summed E-state index contributed by atoms with van der Waals surface area (Å²) < 4.78 is 13.0. The van der Waals surface area contributed by atoms with E-state index < -0.39 is 6.10 Å². The van der Waals surface area contributed by atoms with E-state index in [1.807, 2.05) is 24.6 Å². The van der Waals surface area contributed by atoms with Crippen LogP contribution in [0.3, 0.4) is 0 Å². The largest absolute Gasteiger partial charge is 0.388 e. The van der Waals surface area contributed by atoms with E-state index in [1.54, 1.807) is 17.4 Å². The molecule has 1 nitrogen and oxygen atoms in total. The van der Waals surface area contributed by atoms with Crippen LogP contribution in [-0.2, 0) is 6.42 Å². The first-order valence-corrected chi connectivity index (χ1v) is 6.48. The molecule has 90 valence electrons. The van der Waals surface area contributed by atoms with Crippen molar-refractivity contribution in [2.24, 2.45) is 0 Å². The van der Waals surface area contributed by atoms with E-state index in [2.05, 4.69) is 0 Å². The number of hydrogen-bond acceptors (Lipinski definition) is 2. The van der Waals surface area contributed by atoms with Crippen LogP contribution in [0.5, 0.6) is 0 Å². The molecule has 1 heterocycles. The van der Waals surface area contributed by atoms with Crippen LogP contribution in [0.25, 0.3) is 0 Å². The van der Waals surface area contributed by atoms with Gasteiger partial charge in [-0.3, -0.25) is 0 Å². The van der Waals surface area contributed by atoms with E-state index in [9.17, 15) is 9.50 Å². The molecule has 0 aliphatic carbocycles. The molecule has 1 N–H and O–H groups in total. The molecule has 3 heteroatoms. The highest BCUT2D eigenvalue weighted by atomic mass is 32.1. The summed E-state index contributed by atoms with van der Waals surface area (Å²) in [5.41, 5.74) is 3.96. The van der Waals surface area contributed by atoms with Crippen molar-refractivity contribution in [3.63, 3.8) is 0 Å². The maximum atomic E-state index is 13.0. The highest BCUT2D eigenvalue weighted by Gasteiger charge is 2.13. The molecule has 2 aromatic rings. The molecule has 0 saturated heterocycles. The molecule has 0 radical (unpaired) electrons. The third-order valence-electron chi connectivity index (χ3n) is 2.97. The van der Waals surface area contributed by atoms with E-state index in [1.165, 1.54) is 12.1 Å². The van der Waals surface area contributed by atoms with Crippen LogP contribution in [0.1, 0.15) is 28.4 Å². The Morgan fingerprint density at radius 1 is 1.24 bits per heavy atom. The SMILES string of the molecule is Cc1cc(F)ccc1CC(O)c1cscc1C. The van der Waals surface area contributed by atoms with Crippen molar-refractivity contribution in [2.75, 3.05) is 0 Å². The van der Waals surface area contributed by atoms with Crippen LogP contribution in [0.2, 0.25) is 0 Å². The first-order valence-electron chi connectivity index (χ1n) is 5.53. The number of aliphatic hydroxyl groups is 1. The van der Waals surface area contributed by atoms with Gasteiger partial charge in [0.05, 0.1) is 6.10 Å². The Hall–Kier alpha value is -1.19. The van der Waals surface area contributed by atoms with Gasteiger partial charge >= 0.3 is 0 Å². The number of benzene rings is 1. The minimum atomic E-state index is -0.509. The van der Waals surface area contributed by atoms with Crippen molar-refractivity contribution in [2.45, 2.75) is 26.4 Å². The normalized spacial score (nSPS) is 12.7. The van der Waals surface area contributed by atoms with Gasteiger partial charge in [0, 0.05) is 6.42 Å². The fraction of sp³-hybridized carbons (Fsp3) is 0.286. The molecule has 0 fully saturated rings. The van der Waals surface area contributed by atoms with Gasteiger partial charge < -0.3 is 5.11 Å². The Bertz CT molecular complexity index is 519. The van der Waals surface area contributed by atoms with Crippen molar-refractivity contribution in [3.8, 4) is 0 Å². The summed E-state index contributed by atoms with van der Waals surface area (Å²) in [5, 5.41) is 14.1. The van der Waals surface area contributed by atoms with Gasteiger partial charge in [0.25, 0.3) is 0 Å². The lowest BCUT2D eigenvalue weighted by Gasteiger charge is -2.12. The zero-order valence-corrected chi connectivity index (χ0v) is 10.7. The lowest BCUT2D eigenvalue weighted by Crippen LogP contribution is -2.03. The molecular formula is C14H15FOS. The summed E-state index contributed by atoms with van der Waals surface area (Å²) in [4.78, 5) is 0. The summed E-state index contributed by atoms with van der Waals surface area (Å²) in [6.45, 7) is 3.86. The van der Waals surface area contributed by atoms with Gasteiger partial charge in [0.2, 0.25) is 0 Å². The van der Waals surface area contributed by atoms with Crippen molar-refractivity contribution < 1.29 is 9.50 Å². The Kier molecular flexibility index (Phi) is 3.60. The third kappa shape index (κ3) is 2.73. The van der Waals surface area contributed by atoms with E-state index in [4.69, 9.17) is 0 Å². The Morgan fingerprint density at radius 3 is 2.59 bits per heavy atom. The number of halogens is 1. The first kappa shape index (κ1) is 12.3. The molecule has 17 heavy (non-hydrogen) atoms. The van der Waals surface area contributed by atoms with Crippen molar-refractivity contribution >= 4 is 11.3 Å². The highest BCUT2D eigenvalue weighted by molar-refractivity contribution is 7.08. The molecule has 1 atom stereocenters. The smallest absolute Gasteiger partial charge is 0.123 e. The summed E-state index contributed by atoms with van der Waals surface area (Å²) in [6.07, 6.45) is 0.0226. The molecule has 1 unspecified atom stereocenters. The lowest BCUT2D eigenvalue weighted by molar-refractivity contribution is 0.178. The Balaban J connectivity index is 2.19. The van der Waals surface area contributed by atoms with Gasteiger partial charge in [-0.1, -0.05) is 6.07 Å². The van der Waals surface area contributed by atoms with Gasteiger partial charge in [-0.05, 0) is 59.0 Å². The number of aliphatic hydroxyl groups excluding tert-OH is 1. The van der Waals surface area contributed by atoms with E-state index in [0.717, 1.165) is 22.3 Å². The molecule has 0 aliphatic rings. The van der Waals surface area contributed by atoms with Crippen LogP contribution < -0.4 is 0 Å².